The summed E-state index contributed by atoms with van der Waals surface area (Å²) in [6.07, 6.45) is 4.29. The Morgan fingerprint density at radius 1 is 0.975 bits per heavy atom. The van der Waals surface area contributed by atoms with Crippen molar-refractivity contribution in [1.82, 2.24) is 10.3 Å². The summed E-state index contributed by atoms with van der Waals surface area (Å²) in [5.74, 6) is -2.15. The van der Waals surface area contributed by atoms with Gasteiger partial charge in [-0.15, -0.1) is 0 Å². The number of hydrogen-bond acceptors (Lipinski definition) is 5. The van der Waals surface area contributed by atoms with E-state index in [0.717, 1.165) is 16.7 Å². The molecule has 7 nitrogen and oxygen atoms in total. The van der Waals surface area contributed by atoms with Crippen molar-refractivity contribution in [3.8, 4) is 5.75 Å². The van der Waals surface area contributed by atoms with Gasteiger partial charge in [-0.1, -0.05) is 67.6 Å². The van der Waals surface area contributed by atoms with Gasteiger partial charge in [-0.3, -0.25) is 9.59 Å². The van der Waals surface area contributed by atoms with Crippen LogP contribution in [0.2, 0.25) is 5.02 Å². The lowest BCUT2D eigenvalue weighted by molar-refractivity contribution is -0.117. The van der Waals surface area contributed by atoms with Crippen molar-refractivity contribution in [2.24, 2.45) is 0 Å². The average molecular weight is 555 g/mol. The molecule has 0 aliphatic carbocycles. The number of halogens is 1. The van der Waals surface area contributed by atoms with Gasteiger partial charge >= 0.3 is 5.97 Å². The minimum atomic E-state index is -1.21. The first-order valence-electron chi connectivity index (χ1n) is 12.6. The first kappa shape index (κ1) is 28.3. The van der Waals surface area contributed by atoms with Crippen LogP contribution in [0.1, 0.15) is 50.9 Å². The number of carboxylic acids is 1. The number of ketones is 1. The summed E-state index contributed by atoms with van der Waals surface area (Å²) < 4.78 is 0. The van der Waals surface area contributed by atoms with E-state index in [-0.39, 0.29) is 29.2 Å². The van der Waals surface area contributed by atoms with Gasteiger partial charge in [0.15, 0.2) is 5.78 Å². The molecule has 8 heteroatoms. The van der Waals surface area contributed by atoms with Crippen molar-refractivity contribution in [1.29, 1.82) is 0 Å². The van der Waals surface area contributed by atoms with Crippen LogP contribution in [-0.2, 0) is 11.2 Å². The van der Waals surface area contributed by atoms with Gasteiger partial charge in [0.1, 0.15) is 11.4 Å². The molecule has 40 heavy (non-hydrogen) atoms. The fourth-order valence-corrected chi connectivity index (χ4v) is 4.26. The first-order valence-corrected chi connectivity index (χ1v) is 12.9. The number of carboxylic acid groups (broad SMARTS) is 1. The van der Waals surface area contributed by atoms with Gasteiger partial charge < -0.3 is 15.5 Å². The zero-order chi connectivity index (χ0) is 28.8. The van der Waals surface area contributed by atoms with Crippen LogP contribution < -0.4 is 5.32 Å². The van der Waals surface area contributed by atoms with E-state index in [4.69, 9.17) is 11.6 Å². The highest BCUT2D eigenvalue weighted by Gasteiger charge is 2.25. The van der Waals surface area contributed by atoms with E-state index in [9.17, 15) is 24.6 Å². The van der Waals surface area contributed by atoms with Crippen molar-refractivity contribution in [2.75, 3.05) is 0 Å². The maximum atomic E-state index is 13.3. The van der Waals surface area contributed by atoms with E-state index in [0.29, 0.717) is 27.9 Å². The van der Waals surface area contributed by atoms with Crippen molar-refractivity contribution >= 4 is 52.3 Å². The van der Waals surface area contributed by atoms with Crippen LogP contribution in [0.25, 0.3) is 23.1 Å². The Bertz CT molecular complexity index is 1630. The number of fused-ring (bicyclic) bond motifs is 1. The summed E-state index contributed by atoms with van der Waals surface area (Å²) >= 11 is 5.94. The van der Waals surface area contributed by atoms with Crippen LogP contribution >= 0.6 is 11.6 Å². The molecule has 0 saturated carbocycles. The highest BCUT2D eigenvalue weighted by atomic mass is 35.5. The van der Waals surface area contributed by atoms with Crippen LogP contribution in [0.15, 0.2) is 84.9 Å². The van der Waals surface area contributed by atoms with E-state index < -0.39 is 17.9 Å². The molecule has 0 saturated heterocycles. The molecule has 0 bridgehead atoms. The van der Waals surface area contributed by atoms with E-state index >= 15 is 0 Å². The van der Waals surface area contributed by atoms with Crippen LogP contribution in [0.4, 0.5) is 0 Å². The largest absolute Gasteiger partial charge is 0.508 e. The predicted octanol–water partition coefficient (Wildman–Crippen LogP) is 6.34. The number of carbonyl (C=O) groups is 3. The average Bonchev–Trinajstić information content (AvgIpc) is 2.96. The molecule has 202 valence electrons. The van der Waals surface area contributed by atoms with Gasteiger partial charge in [0.25, 0.3) is 5.91 Å². The molecule has 3 N–H and O–H groups in total. The highest BCUT2D eigenvalue weighted by molar-refractivity contribution is 6.30. The molecule has 1 heterocycles. The number of pyridine rings is 1. The normalized spacial score (nSPS) is 11.8. The Morgan fingerprint density at radius 2 is 1.62 bits per heavy atom. The Balaban J connectivity index is 1.64. The number of nitrogens with zero attached hydrogens (tertiary/aromatic N) is 1. The van der Waals surface area contributed by atoms with E-state index in [1.54, 1.807) is 49.4 Å². The smallest absolute Gasteiger partial charge is 0.336 e. The number of hydrogen-bond donors (Lipinski definition) is 3. The minimum Gasteiger partial charge on any atom is -0.508 e. The zero-order valence-electron chi connectivity index (χ0n) is 21.7. The number of rotatable bonds is 10. The quantitative estimate of drug-likeness (QED) is 0.156. The van der Waals surface area contributed by atoms with Crippen LogP contribution in [0, 0.1) is 0 Å². The summed E-state index contributed by atoms with van der Waals surface area (Å²) in [5.41, 5.74) is 2.86. The number of benzene rings is 3. The summed E-state index contributed by atoms with van der Waals surface area (Å²) in [4.78, 5) is 42.9. The molecule has 0 aliphatic rings. The number of aromatic carboxylic acids is 1. The Kier molecular flexibility index (Phi) is 8.76. The number of nitrogens with one attached hydrogen (secondary N) is 1. The third-order valence-corrected chi connectivity index (χ3v) is 6.66. The molecule has 0 unspecified atom stereocenters. The van der Waals surface area contributed by atoms with Gasteiger partial charge in [-0.25, -0.2) is 9.78 Å². The first-order chi connectivity index (χ1) is 19.1. The summed E-state index contributed by atoms with van der Waals surface area (Å²) in [5, 5.41) is 23.2. The molecular formula is C32H27ClN2O5. The number of aromatic nitrogens is 1. The van der Waals surface area contributed by atoms with E-state index in [2.05, 4.69) is 16.9 Å². The summed E-state index contributed by atoms with van der Waals surface area (Å²) in [7, 11) is 0. The van der Waals surface area contributed by atoms with Gasteiger partial charge in [0, 0.05) is 16.8 Å². The molecule has 1 amide bonds. The third kappa shape index (κ3) is 6.81. The van der Waals surface area contributed by atoms with E-state index in [1.165, 1.54) is 18.2 Å². The lowest BCUT2D eigenvalue weighted by Gasteiger charge is -2.19. The van der Waals surface area contributed by atoms with Crippen LogP contribution in [0.3, 0.4) is 0 Å². The fourth-order valence-electron chi connectivity index (χ4n) is 4.14. The molecule has 4 rings (SSSR count). The second-order valence-corrected chi connectivity index (χ2v) is 9.68. The van der Waals surface area contributed by atoms with Gasteiger partial charge in [-0.05, 0) is 71.1 Å². The molecule has 0 spiro atoms. The molecule has 0 radical (unpaired) electrons. The van der Waals surface area contributed by atoms with Crippen molar-refractivity contribution in [3.05, 3.63) is 118 Å². The Hall–Kier alpha value is -4.75. The van der Waals surface area contributed by atoms with Crippen molar-refractivity contribution < 1.29 is 24.6 Å². The molecule has 1 atom stereocenters. The summed E-state index contributed by atoms with van der Waals surface area (Å²) in [6, 6.07) is 19.0. The Labute approximate surface area is 236 Å². The van der Waals surface area contributed by atoms with Gasteiger partial charge in [0.05, 0.1) is 17.1 Å². The third-order valence-electron chi connectivity index (χ3n) is 6.41. The molecule has 0 fully saturated rings. The van der Waals surface area contributed by atoms with Crippen molar-refractivity contribution in [3.63, 3.8) is 0 Å². The lowest BCUT2D eigenvalue weighted by Crippen LogP contribution is -2.43. The standard InChI is InChI=1S/C32H27ClN2O5/c1-3-19(2)30(37)28(17-22-8-13-24(36)14-9-22)35-31(38)29-18-26(32(39)40)25-16-21(10-15-27(25)34-29)5-4-20-6-11-23(33)12-7-20/h4-16,18,28,36H,2-3,17H2,1H3,(H,35,38)(H,39,40)/b5-4+/t28-/m0/s1. The van der Waals surface area contributed by atoms with E-state index in [1.807, 2.05) is 24.3 Å². The monoisotopic (exact) mass is 554 g/mol. The summed E-state index contributed by atoms with van der Waals surface area (Å²) in [6.45, 7) is 5.60. The van der Waals surface area contributed by atoms with Crippen LogP contribution in [-0.4, -0.2) is 38.9 Å². The van der Waals surface area contributed by atoms with Crippen molar-refractivity contribution in [2.45, 2.75) is 25.8 Å². The number of aromatic hydroxyl groups is 1. The second-order valence-electron chi connectivity index (χ2n) is 9.24. The number of carbonyl (C=O) groups excluding carboxylic acids is 2. The number of Topliss-reactive ketones (excluding diaryl/α,β-unsaturated/α-hetero) is 1. The second kappa shape index (κ2) is 12.4. The lowest BCUT2D eigenvalue weighted by atomic mass is 9.96. The molecule has 0 aliphatic heterocycles. The maximum absolute atomic E-state index is 13.3. The molecule has 1 aromatic heterocycles. The number of phenols is 1. The van der Waals surface area contributed by atoms with Crippen LogP contribution in [0.5, 0.6) is 5.75 Å². The molecule has 4 aromatic rings. The minimum absolute atomic E-state index is 0.0822. The molecular weight excluding hydrogens is 528 g/mol. The number of phenolic OH excluding ortho intramolecular Hbond substituents is 1. The predicted molar refractivity (Wildman–Crippen MR) is 157 cm³/mol. The topological polar surface area (TPSA) is 117 Å². The van der Waals surface area contributed by atoms with Gasteiger partial charge in [-0.2, -0.15) is 0 Å². The molecule has 3 aromatic carbocycles. The highest BCUT2D eigenvalue weighted by Crippen LogP contribution is 2.23. The SMILES string of the molecule is C=C(CC)C(=O)[C@H](Cc1ccc(O)cc1)NC(=O)c1cc(C(=O)O)c2cc(/C=C/c3ccc(Cl)cc3)ccc2n1. The maximum Gasteiger partial charge on any atom is 0.336 e. The zero-order valence-corrected chi connectivity index (χ0v) is 22.5. The van der Waals surface area contributed by atoms with Gasteiger partial charge in [0.2, 0.25) is 0 Å². The Morgan fingerprint density at radius 3 is 2.27 bits per heavy atom. The fraction of sp³-hybridized carbons (Fsp3) is 0.125. The number of amides is 1.